The van der Waals surface area contributed by atoms with Crippen LogP contribution in [0.1, 0.15) is 20.7 Å². The molecule has 0 aromatic heterocycles. The molecule has 1 heterocycles. The first kappa shape index (κ1) is 18.0. The molecule has 2 aromatic rings. The number of aliphatic hydroxyl groups is 1. The molecule has 6 nitrogen and oxygen atoms in total. The van der Waals surface area contributed by atoms with Crippen molar-refractivity contribution in [2.24, 2.45) is 0 Å². The quantitative estimate of drug-likeness (QED) is 0.823. The Morgan fingerprint density at radius 1 is 0.962 bits per heavy atom. The molecule has 1 saturated heterocycles. The van der Waals surface area contributed by atoms with E-state index >= 15 is 0 Å². The topological polar surface area (TPSA) is 82.1 Å². The first-order valence-electron chi connectivity index (χ1n) is 8.02. The normalized spacial score (nSPS) is 24.8. The van der Waals surface area contributed by atoms with Crippen LogP contribution in [0.4, 0.5) is 4.39 Å². The van der Waals surface area contributed by atoms with Crippen molar-refractivity contribution >= 4 is 11.9 Å². The van der Waals surface area contributed by atoms with Gasteiger partial charge in [0.2, 0.25) is 0 Å². The highest BCUT2D eigenvalue weighted by Gasteiger charge is 2.47. The van der Waals surface area contributed by atoms with Crippen molar-refractivity contribution in [1.29, 1.82) is 0 Å². The van der Waals surface area contributed by atoms with Gasteiger partial charge in [-0.3, -0.25) is 0 Å². The first-order valence-corrected chi connectivity index (χ1v) is 8.02. The van der Waals surface area contributed by atoms with Crippen molar-refractivity contribution in [3.63, 3.8) is 0 Å². The number of carbonyl (C=O) groups excluding carboxylic acids is 2. The molecule has 0 amide bonds. The summed E-state index contributed by atoms with van der Waals surface area (Å²) in [4.78, 5) is 24.1. The number of esters is 2. The lowest BCUT2D eigenvalue weighted by Crippen LogP contribution is -2.37. The van der Waals surface area contributed by atoms with Gasteiger partial charge in [-0.15, -0.1) is 0 Å². The van der Waals surface area contributed by atoms with E-state index in [-0.39, 0.29) is 12.2 Å². The van der Waals surface area contributed by atoms with Gasteiger partial charge in [0.05, 0.1) is 11.1 Å². The Bertz CT molecular complexity index is 751. The lowest BCUT2D eigenvalue weighted by molar-refractivity contribution is -0.122. The molecule has 1 aliphatic heterocycles. The van der Waals surface area contributed by atoms with Gasteiger partial charge in [0.25, 0.3) is 0 Å². The Labute approximate surface area is 149 Å². The molecule has 0 bridgehead atoms. The average molecular weight is 360 g/mol. The molecule has 7 heteroatoms. The molecule has 3 rings (SSSR count). The lowest BCUT2D eigenvalue weighted by Gasteiger charge is -2.19. The Hall–Kier alpha value is -2.77. The fourth-order valence-electron chi connectivity index (χ4n) is 2.56. The third kappa shape index (κ3) is 4.07. The number of alkyl halides is 1. The van der Waals surface area contributed by atoms with Crippen LogP contribution in [0.5, 0.6) is 0 Å². The molecule has 1 fully saturated rings. The predicted molar refractivity (Wildman–Crippen MR) is 88.1 cm³/mol. The Balaban J connectivity index is 1.63. The second kappa shape index (κ2) is 8.07. The summed E-state index contributed by atoms with van der Waals surface area (Å²) < 4.78 is 29.4. The van der Waals surface area contributed by atoms with Gasteiger partial charge in [-0.25, -0.2) is 14.0 Å². The molecule has 2 unspecified atom stereocenters. The molecular weight excluding hydrogens is 343 g/mol. The van der Waals surface area contributed by atoms with E-state index in [4.69, 9.17) is 14.2 Å². The second-order valence-corrected chi connectivity index (χ2v) is 5.71. The minimum atomic E-state index is -1.94. The zero-order valence-electron chi connectivity index (χ0n) is 13.7. The summed E-state index contributed by atoms with van der Waals surface area (Å²) in [6.45, 7) is -0.363. The van der Waals surface area contributed by atoms with Crippen molar-refractivity contribution in [2.75, 3.05) is 6.61 Å². The van der Waals surface area contributed by atoms with Crippen molar-refractivity contribution in [2.45, 2.75) is 24.7 Å². The van der Waals surface area contributed by atoms with Crippen LogP contribution in [0.15, 0.2) is 60.7 Å². The lowest BCUT2D eigenvalue weighted by atomic mass is 10.1. The van der Waals surface area contributed by atoms with Gasteiger partial charge in [-0.1, -0.05) is 36.4 Å². The van der Waals surface area contributed by atoms with Crippen LogP contribution in [0.25, 0.3) is 0 Å². The second-order valence-electron chi connectivity index (χ2n) is 5.71. The van der Waals surface area contributed by atoms with Gasteiger partial charge < -0.3 is 19.3 Å². The molecule has 4 atom stereocenters. The van der Waals surface area contributed by atoms with E-state index in [9.17, 15) is 19.1 Å². The van der Waals surface area contributed by atoms with Crippen LogP contribution in [0.3, 0.4) is 0 Å². The van der Waals surface area contributed by atoms with E-state index < -0.39 is 36.6 Å². The Morgan fingerprint density at radius 3 is 2.08 bits per heavy atom. The van der Waals surface area contributed by atoms with E-state index in [1.165, 1.54) is 12.1 Å². The van der Waals surface area contributed by atoms with Gasteiger partial charge >= 0.3 is 11.9 Å². The van der Waals surface area contributed by atoms with Crippen LogP contribution in [-0.2, 0) is 14.2 Å². The van der Waals surface area contributed by atoms with Crippen LogP contribution in [0.2, 0.25) is 0 Å². The van der Waals surface area contributed by atoms with E-state index in [1.807, 2.05) is 0 Å². The Kier molecular flexibility index (Phi) is 5.60. The average Bonchev–Trinajstić information content (AvgIpc) is 2.95. The highest BCUT2D eigenvalue weighted by atomic mass is 19.1. The number of benzene rings is 2. The zero-order chi connectivity index (χ0) is 18.5. The minimum absolute atomic E-state index is 0.237. The molecule has 0 aliphatic carbocycles. The summed E-state index contributed by atoms with van der Waals surface area (Å²) in [6.07, 6.45) is -6.20. The number of ether oxygens (including phenoxy) is 3. The van der Waals surface area contributed by atoms with E-state index in [1.54, 1.807) is 48.5 Å². The first-order chi connectivity index (χ1) is 12.6. The predicted octanol–water partition coefficient (Wildman–Crippen LogP) is 2.12. The summed E-state index contributed by atoms with van der Waals surface area (Å²) in [7, 11) is 0. The SMILES string of the molecule is O=C(OCC1OC(O)[C@@H](F)[C@@H]1OC(=O)c1ccccc1)c1ccccc1. The maximum absolute atomic E-state index is 14.2. The van der Waals surface area contributed by atoms with Gasteiger partial charge in [0, 0.05) is 0 Å². The molecular formula is C19H17FO6. The number of aliphatic hydroxyl groups excluding tert-OH is 1. The van der Waals surface area contributed by atoms with Gasteiger partial charge in [0.1, 0.15) is 12.7 Å². The van der Waals surface area contributed by atoms with E-state index in [0.29, 0.717) is 5.56 Å². The molecule has 26 heavy (non-hydrogen) atoms. The minimum Gasteiger partial charge on any atom is -0.459 e. The van der Waals surface area contributed by atoms with Crippen LogP contribution >= 0.6 is 0 Å². The number of carbonyl (C=O) groups is 2. The molecule has 0 radical (unpaired) electrons. The third-order valence-electron chi connectivity index (χ3n) is 3.91. The third-order valence-corrected chi connectivity index (χ3v) is 3.91. The molecule has 0 spiro atoms. The summed E-state index contributed by atoms with van der Waals surface area (Å²) in [5.74, 6) is -1.38. The van der Waals surface area contributed by atoms with Crippen molar-refractivity contribution < 1.29 is 33.3 Å². The highest BCUT2D eigenvalue weighted by Crippen LogP contribution is 2.26. The number of hydrogen-bond donors (Lipinski definition) is 1. The molecule has 1 aliphatic rings. The number of hydrogen-bond acceptors (Lipinski definition) is 6. The van der Waals surface area contributed by atoms with Crippen molar-refractivity contribution in [1.82, 2.24) is 0 Å². The summed E-state index contributed by atoms with van der Waals surface area (Å²) >= 11 is 0. The highest BCUT2D eigenvalue weighted by molar-refractivity contribution is 5.90. The maximum Gasteiger partial charge on any atom is 0.338 e. The van der Waals surface area contributed by atoms with E-state index in [0.717, 1.165) is 0 Å². The molecule has 136 valence electrons. The molecule has 1 N–H and O–H groups in total. The van der Waals surface area contributed by atoms with Gasteiger partial charge in [-0.2, -0.15) is 0 Å². The molecule has 0 saturated carbocycles. The summed E-state index contributed by atoms with van der Waals surface area (Å²) in [5.41, 5.74) is 0.557. The summed E-state index contributed by atoms with van der Waals surface area (Å²) in [5, 5.41) is 9.58. The Morgan fingerprint density at radius 2 is 1.50 bits per heavy atom. The molecule has 2 aromatic carbocycles. The number of rotatable bonds is 5. The van der Waals surface area contributed by atoms with Crippen LogP contribution in [-0.4, -0.2) is 48.3 Å². The van der Waals surface area contributed by atoms with Crippen molar-refractivity contribution in [3.8, 4) is 0 Å². The monoisotopic (exact) mass is 360 g/mol. The van der Waals surface area contributed by atoms with Gasteiger partial charge in [-0.05, 0) is 24.3 Å². The zero-order valence-corrected chi connectivity index (χ0v) is 13.7. The fraction of sp³-hybridized carbons (Fsp3) is 0.263. The van der Waals surface area contributed by atoms with Crippen molar-refractivity contribution in [3.05, 3.63) is 71.8 Å². The largest absolute Gasteiger partial charge is 0.459 e. The maximum atomic E-state index is 14.2. The smallest absolute Gasteiger partial charge is 0.338 e. The van der Waals surface area contributed by atoms with Gasteiger partial charge in [0.15, 0.2) is 18.6 Å². The van der Waals surface area contributed by atoms with E-state index in [2.05, 4.69) is 0 Å². The van der Waals surface area contributed by atoms with Crippen LogP contribution in [0, 0.1) is 0 Å². The van der Waals surface area contributed by atoms with Crippen LogP contribution < -0.4 is 0 Å². The summed E-state index contributed by atoms with van der Waals surface area (Å²) in [6, 6.07) is 16.3. The number of halogens is 1. The fourth-order valence-corrected chi connectivity index (χ4v) is 2.56. The standard InChI is InChI=1S/C19H17FO6/c20-15-16(26-18(22)13-9-5-2-6-10-13)14(25-19(15)23)11-24-17(21)12-7-3-1-4-8-12/h1-10,14-16,19,23H,11H2/t14?,15-,16+,19?/m0/s1.